The molecule has 1 aliphatic rings. The number of hydrogen-bond acceptors (Lipinski definition) is 2. The molecule has 0 radical (unpaired) electrons. The topological polar surface area (TPSA) is 15.3 Å². The molecule has 2 aromatic carbocycles. The Morgan fingerprint density at radius 2 is 1.91 bits per heavy atom. The third kappa shape index (κ3) is 3.78. The van der Waals surface area contributed by atoms with E-state index in [0.717, 1.165) is 23.5 Å². The average molecular weight is 359 g/mol. The first-order chi connectivity index (χ1) is 10.8. The molecule has 3 rings (SSSR count). The molecule has 1 unspecified atom stereocenters. The van der Waals surface area contributed by atoms with Crippen molar-refractivity contribution in [1.82, 2.24) is 10.2 Å². The first-order valence-corrected chi connectivity index (χ1v) is 8.76. The monoisotopic (exact) mass is 358 g/mol. The summed E-state index contributed by atoms with van der Waals surface area (Å²) in [5.41, 5.74) is 3.93. The van der Waals surface area contributed by atoms with Crippen LogP contribution in [0.15, 0.2) is 53.0 Å². The molecule has 0 aromatic heterocycles. The number of likely N-dealkylation sites (tertiary alicyclic amines) is 1. The normalized spacial score (nSPS) is 18.7. The highest BCUT2D eigenvalue weighted by Crippen LogP contribution is 2.28. The van der Waals surface area contributed by atoms with Crippen LogP contribution in [0.3, 0.4) is 0 Å². The maximum absolute atomic E-state index is 3.63. The standard InChI is InChI=1S/C19H23BrN2/c1-21-12-16-10-11-22(14-16)13-15-6-8-17(9-7-15)18-4-2-3-5-19(18)20/h2-9,16,21H,10-14H2,1H3. The van der Waals surface area contributed by atoms with Crippen molar-refractivity contribution in [3.05, 3.63) is 58.6 Å². The highest BCUT2D eigenvalue weighted by molar-refractivity contribution is 9.10. The van der Waals surface area contributed by atoms with E-state index in [1.54, 1.807) is 0 Å². The zero-order chi connectivity index (χ0) is 15.4. The lowest BCUT2D eigenvalue weighted by molar-refractivity contribution is 0.315. The van der Waals surface area contributed by atoms with E-state index in [9.17, 15) is 0 Å². The fourth-order valence-corrected chi connectivity index (χ4v) is 3.77. The highest BCUT2D eigenvalue weighted by atomic mass is 79.9. The van der Waals surface area contributed by atoms with Crippen molar-refractivity contribution in [3.63, 3.8) is 0 Å². The Morgan fingerprint density at radius 1 is 1.14 bits per heavy atom. The Morgan fingerprint density at radius 3 is 2.64 bits per heavy atom. The first-order valence-electron chi connectivity index (χ1n) is 7.97. The molecule has 1 fully saturated rings. The van der Waals surface area contributed by atoms with Gasteiger partial charge in [-0.25, -0.2) is 0 Å². The number of nitrogens with zero attached hydrogens (tertiary/aromatic N) is 1. The molecule has 1 saturated heterocycles. The summed E-state index contributed by atoms with van der Waals surface area (Å²) >= 11 is 3.63. The van der Waals surface area contributed by atoms with Gasteiger partial charge < -0.3 is 5.32 Å². The molecule has 22 heavy (non-hydrogen) atoms. The molecule has 0 spiro atoms. The van der Waals surface area contributed by atoms with Crippen molar-refractivity contribution in [2.45, 2.75) is 13.0 Å². The summed E-state index contributed by atoms with van der Waals surface area (Å²) in [7, 11) is 2.04. The third-order valence-corrected chi connectivity index (χ3v) is 5.10. The van der Waals surface area contributed by atoms with Crippen LogP contribution in [0.1, 0.15) is 12.0 Å². The molecule has 0 amide bonds. The van der Waals surface area contributed by atoms with Crippen molar-refractivity contribution in [3.8, 4) is 11.1 Å². The lowest BCUT2D eigenvalue weighted by Gasteiger charge is -2.16. The molecular formula is C19H23BrN2. The number of hydrogen-bond donors (Lipinski definition) is 1. The average Bonchev–Trinajstić information content (AvgIpc) is 2.96. The van der Waals surface area contributed by atoms with E-state index in [1.165, 1.54) is 36.2 Å². The summed E-state index contributed by atoms with van der Waals surface area (Å²) in [6.45, 7) is 4.64. The minimum Gasteiger partial charge on any atom is -0.319 e. The van der Waals surface area contributed by atoms with Gasteiger partial charge in [0.2, 0.25) is 0 Å². The maximum atomic E-state index is 3.63. The van der Waals surface area contributed by atoms with Crippen LogP contribution >= 0.6 is 15.9 Å². The fraction of sp³-hybridized carbons (Fsp3) is 0.368. The van der Waals surface area contributed by atoms with E-state index in [4.69, 9.17) is 0 Å². The number of halogens is 1. The number of rotatable bonds is 5. The van der Waals surface area contributed by atoms with Crippen molar-refractivity contribution in [1.29, 1.82) is 0 Å². The minimum absolute atomic E-state index is 0.810. The van der Waals surface area contributed by atoms with Crippen LogP contribution in [0.25, 0.3) is 11.1 Å². The number of benzene rings is 2. The van der Waals surface area contributed by atoms with E-state index in [1.807, 2.05) is 7.05 Å². The van der Waals surface area contributed by atoms with Crippen molar-refractivity contribution < 1.29 is 0 Å². The molecule has 2 aromatic rings. The van der Waals surface area contributed by atoms with Gasteiger partial charge in [-0.15, -0.1) is 0 Å². The number of nitrogens with one attached hydrogen (secondary N) is 1. The summed E-state index contributed by atoms with van der Waals surface area (Å²) in [5.74, 6) is 0.810. The smallest absolute Gasteiger partial charge is 0.0253 e. The second-order valence-electron chi connectivity index (χ2n) is 6.12. The SMILES string of the molecule is CNCC1CCN(Cc2ccc(-c3ccccc3Br)cc2)C1. The Bertz CT molecular complexity index is 609. The van der Waals surface area contributed by atoms with Gasteiger partial charge in [0.05, 0.1) is 0 Å². The summed E-state index contributed by atoms with van der Waals surface area (Å²) in [6, 6.07) is 17.4. The van der Waals surface area contributed by atoms with Gasteiger partial charge in [0, 0.05) is 17.6 Å². The van der Waals surface area contributed by atoms with Gasteiger partial charge in [-0.2, -0.15) is 0 Å². The summed E-state index contributed by atoms with van der Waals surface area (Å²) in [4.78, 5) is 2.56. The summed E-state index contributed by atoms with van der Waals surface area (Å²) < 4.78 is 1.15. The Kier molecular flexibility index (Phi) is 5.29. The van der Waals surface area contributed by atoms with Crippen LogP contribution in [0.4, 0.5) is 0 Å². The van der Waals surface area contributed by atoms with E-state index >= 15 is 0 Å². The van der Waals surface area contributed by atoms with Crippen LogP contribution in [0.5, 0.6) is 0 Å². The van der Waals surface area contributed by atoms with Gasteiger partial charge in [0.25, 0.3) is 0 Å². The van der Waals surface area contributed by atoms with Crippen LogP contribution < -0.4 is 5.32 Å². The van der Waals surface area contributed by atoms with Gasteiger partial charge in [0.1, 0.15) is 0 Å². The second kappa shape index (κ2) is 7.40. The molecule has 1 atom stereocenters. The first kappa shape index (κ1) is 15.7. The molecule has 2 nitrogen and oxygen atoms in total. The lowest BCUT2D eigenvalue weighted by atomic mass is 10.0. The van der Waals surface area contributed by atoms with E-state index < -0.39 is 0 Å². The largest absolute Gasteiger partial charge is 0.319 e. The zero-order valence-corrected chi connectivity index (χ0v) is 14.6. The van der Waals surface area contributed by atoms with E-state index in [2.05, 4.69) is 74.7 Å². The van der Waals surface area contributed by atoms with Crippen molar-refractivity contribution >= 4 is 15.9 Å². The third-order valence-electron chi connectivity index (χ3n) is 4.41. The van der Waals surface area contributed by atoms with Crippen LogP contribution in [-0.2, 0) is 6.54 Å². The second-order valence-corrected chi connectivity index (χ2v) is 6.98. The van der Waals surface area contributed by atoms with Gasteiger partial charge >= 0.3 is 0 Å². The lowest BCUT2D eigenvalue weighted by Crippen LogP contribution is -2.24. The quantitative estimate of drug-likeness (QED) is 0.863. The van der Waals surface area contributed by atoms with E-state index in [-0.39, 0.29) is 0 Å². The molecule has 3 heteroatoms. The van der Waals surface area contributed by atoms with Crippen LogP contribution in [0, 0.1) is 5.92 Å². The molecule has 1 aliphatic heterocycles. The van der Waals surface area contributed by atoms with Crippen LogP contribution in [-0.4, -0.2) is 31.6 Å². The van der Waals surface area contributed by atoms with Crippen LogP contribution in [0.2, 0.25) is 0 Å². The van der Waals surface area contributed by atoms with Gasteiger partial charge in [0.15, 0.2) is 0 Å². The highest BCUT2D eigenvalue weighted by Gasteiger charge is 2.21. The van der Waals surface area contributed by atoms with Crippen molar-refractivity contribution in [2.24, 2.45) is 5.92 Å². The summed E-state index contributed by atoms with van der Waals surface area (Å²) in [5, 5.41) is 3.29. The molecule has 116 valence electrons. The summed E-state index contributed by atoms with van der Waals surface area (Å²) in [6.07, 6.45) is 1.32. The van der Waals surface area contributed by atoms with E-state index in [0.29, 0.717) is 0 Å². The van der Waals surface area contributed by atoms with Gasteiger partial charge in [-0.3, -0.25) is 4.90 Å². The van der Waals surface area contributed by atoms with Gasteiger partial charge in [-0.1, -0.05) is 58.4 Å². The zero-order valence-electron chi connectivity index (χ0n) is 13.1. The molecule has 1 N–H and O–H groups in total. The molecule has 1 heterocycles. The van der Waals surface area contributed by atoms with Crippen molar-refractivity contribution in [2.75, 3.05) is 26.7 Å². The Balaban J connectivity index is 1.64. The predicted molar refractivity (Wildman–Crippen MR) is 96.9 cm³/mol. The van der Waals surface area contributed by atoms with Gasteiger partial charge in [-0.05, 0) is 55.2 Å². The molecular weight excluding hydrogens is 336 g/mol. The predicted octanol–water partition coefficient (Wildman–Crippen LogP) is 4.16. The molecule has 0 aliphatic carbocycles. The minimum atomic E-state index is 0.810. The molecule has 0 saturated carbocycles. The Labute approximate surface area is 141 Å². The maximum Gasteiger partial charge on any atom is 0.0253 e. The fourth-order valence-electron chi connectivity index (χ4n) is 3.25. The Hall–Kier alpha value is -1.16. The molecule has 0 bridgehead atoms.